The van der Waals surface area contributed by atoms with Crippen molar-refractivity contribution in [2.24, 2.45) is 0 Å². The van der Waals surface area contributed by atoms with Gasteiger partial charge >= 0.3 is 27.0 Å². The van der Waals surface area contributed by atoms with E-state index in [1.165, 1.54) is 44.5 Å². The third-order valence-corrected chi connectivity index (χ3v) is 8.82. The van der Waals surface area contributed by atoms with Crippen LogP contribution in [0.4, 0.5) is 0 Å². The Morgan fingerprint density at radius 3 is 0.810 bits per heavy atom. The van der Waals surface area contributed by atoms with Crippen molar-refractivity contribution in [3.63, 3.8) is 0 Å². The van der Waals surface area contributed by atoms with Crippen LogP contribution in [0.15, 0.2) is 24.3 Å². The minimum absolute atomic E-state index is 0.950. The summed E-state index contributed by atoms with van der Waals surface area (Å²) < 4.78 is 0. The van der Waals surface area contributed by atoms with E-state index in [9.17, 15) is 0 Å². The third-order valence-electron chi connectivity index (χ3n) is 8.82. The Morgan fingerprint density at radius 1 is 0.429 bits per heavy atom. The summed E-state index contributed by atoms with van der Waals surface area (Å²) in [4.78, 5) is 21.0. The molecule has 0 saturated heterocycles. The molecule has 0 atom stereocenters. The molecular formula is C36H44ClN4Rh. The first-order chi connectivity index (χ1) is 20.5. The van der Waals surface area contributed by atoms with Gasteiger partial charge in [-0.15, -0.1) is 22.1 Å². The van der Waals surface area contributed by atoms with Gasteiger partial charge in [-0.2, -0.15) is 0 Å². The van der Waals surface area contributed by atoms with E-state index in [2.05, 4.69) is 89.3 Å². The Labute approximate surface area is 266 Å². The van der Waals surface area contributed by atoms with Crippen LogP contribution >= 0.6 is 9.69 Å². The molecule has 224 valence electrons. The number of nitrogens with zero attached hydrogens (tertiary/aromatic N) is 4. The molecule has 42 heavy (non-hydrogen) atoms. The molecule has 2 aliphatic rings. The average molecular weight is 671 g/mol. The van der Waals surface area contributed by atoms with Crippen LogP contribution in [0.3, 0.4) is 0 Å². The fraction of sp³-hybridized carbons (Fsp3) is 0.444. The van der Waals surface area contributed by atoms with Crippen LogP contribution in [0.1, 0.15) is 126 Å². The number of allylic oxidation sites excluding steroid dienone is 4. The molecule has 2 aliphatic heterocycles. The molecule has 5 rings (SSSR count). The summed E-state index contributed by atoms with van der Waals surface area (Å²) in [6, 6.07) is 8.98. The van der Waals surface area contributed by atoms with Crippen molar-refractivity contribution in [3.8, 4) is 0 Å². The van der Waals surface area contributed by atoms with Gasteiger partial charge in [0.25, 0.3) is 0 Å². The summed E-state index contributed by atoms with van der Waals surface area (Å²) in [5, 5.41) is 0. The summed E-state index contributed by atoms with van der Waals surface area (Å²) in [5.41, 5.74) is 19.1. The summed E-state index contributed by atoms with van der Waals surface area (Å²) in [6.45, 7) is 17.9. The van der Waals surface area contributed by atoms with Crippen LogP contribution in [-0.2, 0) is 43.0 Å². The van der Waals surface area contributed by atoms with Gasteiger partial charge in [0, 0.05) is 0 Å². The second-order valence-corrected chi connectivity index (χ2v) is 10.8. The molecule has 3 aromatic heterocycles. The molecule has 0 N–H and O–H groups in total. The zero-order valence-electron chi connectivity index (χ0n) is 26.5. The number of halogens is 1. The Hall–Kier alpha value is -2.49. The summed E-state index contributed by atoms with van der Waals surface area (Å²) in [7, 11) is 4.53. The van der Waals surface area contributed by atoms with Crippen LogP contribution < -0.4 is 9.97 Å². The fourth-order valence-electron chi connectivity index (χ4n) is 6.92. The van der Waals surface area contributed by atoms with Gasteiger partial charge in [0.15, 0.2) is 0 Å². The standard InChI is InChI=1S/C36H44N4.ClH.Rh/c1-9-21-22(10-2)30-18-32-25(13-5)26(14-6)34(39-32)20-36-28(16-8)27(15-7)35(40-36)19-33-24(12-4)23(11-3)31(38-33)17-29(21)37-30;;/h17-20H,9-16H2,1-8H3;1H;/q-2;;+3/p-1. The van der Waals surface area contributed by atoms with Crippen LogP contribution in [0, 0.1) is 0 Å². The maximum absolute atomic E-state index is 5.25. The summed E-state index contributed by atoms with van der Waals surface area (Å²) >= 11 is 2.02. The molecule has 4 nitrogen and oxygen atoms in total. The van der Waals surface area contributed by atoms with E-state index in [0.717, 1.165) is 96.2 Å². The van der Waals surface area contributed by atoms with Crippen LogP contribution in [-0.4, -0.2) is 9.97 Å². The molecule has 5 heterocycles. The first kappa shape index (κ1) is 32.4. The molecule has 0 spiro atoms. The second kappa shape index (κ2) is 14.3. The zero-order chi connectivity index (χ0) is 30.6. The molecule has 0 unspecified atom stereocenters. The number of rotatable bonds is 8. The van der Waals surface area contributed by atoms with E-state index in [-0.39, 0.29) is 0 Å². The van der Waals surface area contributed by atoms with Crippen LogP contribution in [0.25, 0.3) is 44.4 Å². The van der Waals surface area contributed by atoms with E-state index in [1.54, 1.807) is 0 Å². The van der Waals surface area contributed by atoms with Crippen molar-refractivity contribution in [1.82, 2.24) is 19.9 Å². The number of aryl methyl sites for hydroxylation is 4. The molecule has 8 bridgehead atoms. The Kier molecular flexibility index (Phi) is 11.1. The maximum atomic E-state index is 5.25. The predicted octanol–water partition coefficient (Wildman–Crippen LogP) is 9.97. The van der Waals surface area contributed by atoms with Gasteiger partial charge in [0.05, 0.1) is 22.8 Å². The molecule has 6 heteroatoms. The SMILES string of the molecule is CCC1=C(CC)c2cc3[n-]c(cc4nc(cc5[n-]c(cc1n2)c(CC)c5CC)C(CC)=C4CC)c(CC)c3CC.[Cl][Rh+2]. The van der Waals surface area contributed by atoms with Crippen molar-refractivity contribution in [3.05, 3.63) is 69.3 Å². The normalized spacial score (nSPS) is 13.1. The topological polar surface area (TPSA) is 54.0 Å². The quantitative estimate of drug-likeness (QED) is 0.224. The van der Waals surface area contributed by atoms with Gasteiger partial charge in [-0.3, -0.25) is 0 Å². The monoisotopic (exact) mass is 670 g/mol. The van der Waals surface area contributed by atoms with Gasteiger partial charge in [-0.25, -0.2) is 9.97 Å². The zero-order valence-corrected chi connectivity index (χ0v) is 28.9. The fourth-order valence-corrected chi connectivity index (χ4v) is 6.92. The Bertz CT molecular complexity index is 1450. The van der Waals surface area contributed by atoms with Gasteiger partial charge in [-0.05, 0) is 73.7 Å². The van der Waals surface area contributed by atoms with Gasteiger partial charge in [0.2, 0.25) is 0 Å². The molecular weight excluding hydrogens is 627 g/mol. The number of hydrogen-bond acceptors (Lipinski definition) is 2. The Morgan fingerprint density at radius 2 is 0.643 bits per heavy atom. The van der Waals surface area contributed by atoms with Gasteiger partial charge in [0.1, 0.15) is 0 Å². The third kappa shape index (κ3) is 5.72. The van der Waals surface area contributed by atoms with E-state index >= 15 is 0 Å². The molecule has 0 aromatic carbocycles. The Balaban J connectivity index is 0.00000198. The van der Waals surface area contributed by atoms with Gasteiger partial charge in [-0.1, -0.05) is 102 Å². The van der Waals surface area contributed by atoms with E-state index in [0.29, 0.717) is 0 Å². The van der Waals surface area contributed by atoms with Crippen molar-refractivity contribution >= 4 is 54.1 Å². The number of aromatic nitrogens is 4. The second-order valence-electron chi connectivity index (χ2n) is 10.8. The molecule has 0 amide bonds. The van der Waals surface area contributed by atoms with Gasteiger partial charge < -0.3 is 9.97 Å². The summed E-state index contributed by atoms with van der Waals surface area (Å²) in [5.74, 6) is 0. The minimum atomic E-state index is 0.950. The molecule has 3 aromatic rings. The molecule has 0 saturated carbocycles. The van der Waals surface area contributed by atoms with E-state index in [4.69, 9.17) is 19.9 Å². The molecule has 0 aliphatic carbocycles. The van der Waals surface area contributed by atoms with Crippen LogP contribution in [0.5, 0.6) is 0 Å². The van der Waals surface area contributed by atoms with Crippen molar-refractivity contribution in [1.29, 1.82) is 0 Å². The van der Waals surface area contributed by atoms with Crippen molar-refractivity contribution in [2.75, 3.05) is 0 Å². The molecule has 0 fully saturated rings. The number of hydrogen-bond donors (Lipinski definition) is 0. The van der Waals surface area contributed by atoms with Crippen molar-refractivity contribution < 1.29 is 17.3 Å². The average Bonchev–Trinajstić information content (AvgIpc) is 3.73. The first-order valence-corrected chi connectivity index (χ1v) is 17.8. The number of fused-ring (bicyclic) bond motifs is 8. The molecule has 0 radical (unpaired) electrons. The van der Waals surface area contributed by atoms with E-state index in [1.807, 2.05) is 17.3 Å². The first-order valence-electron chi connectivity index (χ1n) is 15.7. The van der Waals surface area contributed by atoms with Crippen LogP contribution in [0.2, 0.25) is 0 Å². The van der Waals surface area contributed by atoms with E-state index < -0.39 is 0 Å². The van der Waals surface area contributed by atoms with Crippen molar-refractivity contribution in [2.45, 2.75) is 107 Å². The predicted molar refractivity (Wildman–Crippen MR) is 177 cm³/mol. The summed E-state index contributed by atoms with van der Waals surface area (Å²) in [6.07, 6.45) is 7.60.